The Hall–Kier alpha value is -1.72. The predicted molar refractivity (Wildman–Crippen MR) is 78.0 cm³/mol. The number of anilines is 2. The van der Waals surface area contributed by atoms with Crippen molar-refractivity contribution in [2.24, 2.45) is 0 Å². The Kier molecular flexibility index (Phi) is 2.92. The highest BCUT2D eigenvalue weighted by atomic mass is 35.5. The molecule has 0 bridgehead atoms. The molecule has 104 valence electrons. The molecule has 2 aromatic carbocycles. The molecule has 0 unspecified atom stereocenters. The molecule has 0 aromatic heterocycles. The molecule has 1 aliphatic rings. The van der Waals surface area contributed by atoms with E-state index in [4.69, 9.17) is 16.3 Å². The summed E-state index contributed by atoms with van der Waals surface area (Å²) in [5.41, 5.74) is 1.19. The highest BCUT2D eigenvalue weighted by Crippen LogP contribution is 2.48. The number of halogens is 1. The van der Waals surface area contributed by atoms with E-state index in [1.54, 1.807) is 36.4 Å². The number of rotatable bonds is 1. The third-order valence-corrected chi connectivity index (χ3v) is 5.77. The summed E-state index contributed by atoms with van der Waals surface area (Å²) in [5.74, 6) is 0.349. The fourth-order valence-electron chi connectivity index (χ4n) is 2.41. The van der Waals surface area contributed by atoms with Crippen LogP contribution in [0.5, 0.6) is 5.75 Å². The number of hydrogen-bond acceptors (Lipinski definition) is 4. The van der Waals surface area contributed by atoms with Crippen LogP contribution in [0, 0.1) is 0 Å². The van der Waals surface area contributed by atoms with Gasteiger partial charge in [-0.2, -0.15) is 0 Å². The number of ether oxygens (including phenoxy) is 1. The van der Waals surface area contributed by atoms with E-state index < -0.39 is 9.84 Å². The first-order chi connectivity index (χ1) is 9.48. The molecule has 20 heavy (non-hydrogen) atoms. The lowest BCUT2D eigenvalue weighted by atomic mass is 10.2. The largest absolute Gasteiger partial charge is 0.495 e. The zero-order valence-corrected chi connectivity index (χ0v) is 12.5. The lowest BCUT2D eigenvalue weighted by molar-refractivity contribution is 0.413. The Morgan fingerprint density at radius 3 is 2.50 bits per heavy atom. The zero-order valence-electron chi connectivity index (χ0n) is 10.9. The molecule has 0 spiro atoms. The van der Waals surface area contributed by atoms with Crippen molar-refractivity contribution >= 4 is 32.8 Å². The summed E-state index contributed by atoms with van der Waals surface area (Å²) in [6.45, 7) is 0. The number of hydrogen-bond donors (Lipinski definition) is 0. The minimum absolute atomic E-state index is 0.0970. The Morgan fingerprint density at radius 1 is 1.10 bits per heavy atom. The van der Waals surface area contributed by atoms with Crippen molar-refractivity contribution in [3.05, 3.63) is 41.4 Å². The van der Waals surface area contributed by atoms with Gasteiger partial charge in [-0.1, -0.05) is 23.7 Å². The van der Waals surface area contributed by atoms with Gasteiger partial charge in [0.2, 0.25) is 9.84 Å². The average molecular weight is 310 g/mol. The van der Waals surface area contributed by atoms with Gasteiger partial charge in [0.05, 0.1) is 23.4 Å². The molecule has 0 amide bonds. The predicted octanol–water partition coefficient (Wildman–Crippen LogP) is 3.26. The van der Waals surface area contributed by atoms with Crippen molar-refractivity contribution in [3.63, 3.8) is 0 Å². The van der Waals surface area contributed by atoms with Gasteiger partial charge >= 0.3 is 0 Å². The van der Waals surface area contributed by atoms with Crippen LogP contribution in [0.3, 0.4) is 0 Å². The van der Waals surface area contributed by atoms with E-state index in [1.165, 1.54) is 7.11 Å². The van der Waals surface area contributed by atoms with Crippen LogP contribution in [0.1, 0.15) is 0 Å². The van der Waals surface area contributed by atoms with Gasteiger partial charge in [0.15, 0.2) is 0 Å². The summed E-state index contributed by atoms with van der Waals surface area (Å²) < 4.78 is 30.6. The van der Waals surface area contributed by atoms with Crippen LogP contribution in [-0.2, 0) is 9.84 Å². The molecule has 0 atom stereocenters. The Labute approximate surface area is 122 Å². The van der Waals surface area contributed by atoms with E-state index in [2.05, 4.69) is 0 Å². The van der Waals surface area contributed by atoms with E-state index in [1.807, 2.05) is 11.9 Å². The fourth-order valence-corrected chi connectivity index (χ4v) is 4.72. The van der Waals surface area contributed by atoms with Gasteiger partial charge in [0.25, 0.3) is 0 Å². The van der Waals surface area contributed by atoms with E-state index in [0.29, 0.717) is 17.1 Å². The summed E-state index contributed by atoms with van der Waals surface area (Å²) in [5, 5.41) is 0.117. The number of fused-ring (bicyclic) bond motifs is 2. The third kappa shape index (κ3) is 1.63. The minimum atomic E-state index is -3.65. The molecular weight excluding hydrogens is 298 g/mol. The molecule has 0 saturated carbocycles. The SMILES string of the molecule is COc1ccc2c(c1Cl)S(=O)(=O)c1ccccc1N2C. The number of methoxy groups -OCH3 is 1. The van der Waals surface area contributed by atoms with Crippen LogP contribution >= 0.6 is 11.6 Å². The number of benzene rings is 2. The van der Waals surface area contributed by atoms with Crippen LogP contribution in [0.4, 0.5) is 11.4 Å². The quantitative estimate of drug-likeness (QED) is 0.811. The summed E-state index contributed by atoms with van der Waals surface area (Å²) in [7, 11) is -0.377. The lowest BCUT2D eigenvalue weighted by Crippen LogP contribution is -2.22. The maximum atomic E-state index is 12.8. The van der Waals surface area contributed by atoms with Crippen molar-refractivity contribution in [3.8, 4) is 5.75 Å². The van der Waals surface area contributed by atoms with Crippen LogP contribution in [0.25, 0.3) is 0 Å². The van der Waals surface area contributed by atoms with Gasteiger partial charge in [0.1, 0.15) is 15.7 Å². The minimum Gasteiger partial charge on any atom is -0.495 e. The van der Waals surface area contributed by atoms with Gasteiger partial charge in [-0.25, -0.2) is 8.42 Å². The molecule has 3 rings (SSSR count). The van der Waals surface area contributed by atoms with Gasteiger partial charge in [-0.05, 0) is 24.3 Å². The summed E-state index contributed by atoms with van der Waals surface area (Å²) in [6.07, 6.45) is 0. The molecule has 0 saturated heterocycles. The Balaban J connectivity index is 2.42. The normalized spacial score (nSPS) is 15.4. The second kappa shape index (κ2) is 4.40. The third-order valence-electron chi connectivity index (χ3n) is 3.41. The lowest BCUT2D eigenvalue weighted by Gasteiger charge is -2.30. The van der Waals surface area contributed by atoms with E-state index in [-0.39, 0.29) is 14.8 Å². The van der Waals surface area contributed by atoms with E-state index >= 15 is 0 Å². The van der Waals surface area contributed by atoms with Crippen molar-refractivity contribution in [1.29, 1.82) is 0 Å². The summed E-state index contributed by atoms with van der Waals surface area (Å²) in [4.78, 5) is 2.17. The Morgan fingerprint density at radius 2 is 1.80 bits per heavy atom. The van der Waals surface area contributed by atoms with Gasteiger partial charge < -0.3 is 9.64 Å². The highest BCUT2D eigenvalue weighted by molar-refractivity contribution is 7.92. The molecular formula is C14H12ClNO3S. The summed E-state index contributed by atoms with van der Waals surface area (Å²) >= 11 is 6.21. The molecule has 1 aliphatic heterocycles. The van der Waals surface area contributed by atoms with Gasteiger partial charge in [-0.3, -0.25) is 0 Å². The highest BCUT2D eigenvalue weighted by Gasteiger charge is 2.35. The van der Waals surface area contributed by atoms with Crippen LogP contribution in [0.2, 0.25) is 5.02 Å². The second-order valence-electron chi connectivity index (χ2n) is 4.46. The number of sulfone groups is 1. The monoisotopic (exact) mass is 309 g/mol. The smallest absolute Gasteiger partial charge is 0.212 e. The maximum Gasteiger partial charge on any atom is 0.212 e. The average Bonchev–Trinajstić information content (AvgIpc) is 2.45. The molecule has 0 fully saturated rings. The topological polar surface area (TPSA) is 46.6 Å². The molecule has 0 aliphatic carbocycles. The van der Waals surface area contributed by atoms with Crippen LogP contribution in [0.15, 0.2) is 46.2 Å². The van der Waals surface area contributed by atoms with Gasteiger partial charge in [-0.15, -0.1) is 0 Å². The first kappa shape index (κ1) is 13.3. The van der Waals surface area contributed by atoms with Crippen molar-refractivity contribution < 1.29 is 13.2 Å². The second-order valence-corrected chi connectivity index (χ2v) is 6.69. The molecule has 1 heterocycles. The van der Waals surface area contributed by atoms with Crippen LogP contribution in [-0.4, -0.2) is 22.6 Å². The number of para-hydroxylation sites is 1. The van der Waals surface area contributed by atoms with E-state index in [0.717, 1.165) is 0 Å². The van der Waals surface area contributed by atoms with Gasteiger partial charge in [0, 0.05) is 7.05 Å². The van der Waals surface area contributed by atoms with Crippen LogP contribution < -0.4 is 9.64 Å². The number of nitrogens with zero attached hydrogens (tertiary/aromatic N) is 1. The standard InChI is InChI=1S/C14H12ClNO3S/c1-16-9-5-3-4-6-12(9)20(17,18)14-10(16)7-8-11(19-2)13(14)15/h3-8H,1-2H3. The first-order valence-electron chi connectivity index (χ1n) is 5.93. The maximum absolute atomic E-state index is 12.8. The first-order valence-corrected chi connectivity index (χ1v) is 7.79. The molecule has 4 nitrogen and oxygen atoms in total. The van der Waals surface area contributed by atoms with Crippen molar-refractivity contribution in [2.75, 3.05) is 19.1 Å². The molecule has 0 radical (unpaired) electrons. The molecule has 2 aromatic rings. The molecule has 6 heteroatoms. The summed E-state index contributed by atoms with van der Waals surface area (Å²) in [6, 6.07) is 10.2. The fraction of sp³-hybridized carbons (Fsp3) is 0.143. The van der Waals surface area contributed by atoms with Crippen molar-refractivity contribution in [2.45, 2.75) is 9.79 Å². The van der Waals surface area contributed by atoms with Crippen molar-refractivity contribution in [1.82, 2.24) is 0 Å². The Bertz CT molecular complexity index is 802. The molecule has 0 N–H and O–H groups in total. The van der Waals surface area contributed by atoms with E-state index in [9.17, 15) is 8.42 Å². The zero-order chi connectivity index (χ0) is 14.5.